The molecule has 0 bridgehead atoms. The lowest BCUT2D eigenvalue weighted by molar-refractivity contribution is 0.254. The third-order valence-corrected chi connectivity index (χ3v) is 3.40. The molecule has 1 atom stereocenters. The molecule has 0 radical (unpaired) electrons. The van der Waals surface area contributed by atoms with Gasteiger partial charge in [-0.05, 0) is 32.9 Å². The van der Waals surface area contributed by atoms with Crippen LogP contribution in [0.3, 0.4) is 0 Å². The number of ether oxygens (including phenoxy) is 2. The first-order chi connectivity index (χ1) is 10.2. The van der Waals surface area contributed by atoms with E-state index >= 15 is 0 Å². The maximum atomic E-state index is 5.81. The molecule has 5 nitrogen and oxygen atoms in total. The van der Waals surface area contributed by atoms with E-state index in [9.17, 15) is 0 Å². The lowest BCUT2D eigenvalue weighted by Crippen LogP contribution is -2.36. The predicted octanol–water partition coefficient (Wildman–Crippen LogP) is 2.09. The summed E-state index contributed by atoms with van der Waals surface area (Å²) >= 11 is 0. The highest BCUT2D eigenvalue weighted by Crippen LogP contribution is 2.35. The van der Waals surface area contributed by atoms with Crippen molar-refractivity contribution < 1.29 is 9.47 Å². The Labute approximate surface area is 126 Å². The molecule has 5 heteroatoms. The molecule has 1 aromatic carbocycles. The van der Waals surface area contributed by atoms with Gasteiger partial charge in [-0.1, -0.05) is 0 Å². The lowest BCUT2D eigenvalue weighted by atomic mass is 10.1. The summed E-state index contributed by atoms with van der Waals surface area (Å²) in [4.78, 5) is 4.59. The van der Waals surface area contributed by atoms with Crippen LogP contribution in [0.4, 0.5) is 0 Å². The second-order valence-corrected chi connectivity index (χ2v) is 5.13. The van der Waals surface area contributed by atoms with Crippen molar-refractivity contribution in [2.45, 2.75) is 39.8 Å². The Morgan fingerprint density at radius 2 is 2.05 bits per heavy atom. The number of nitrogens with zero attached hydrogens (tertiary/aromatic N) is 1. The van der Waals surface area contributed by atoms with Crippen LogP contribution >= 0.6 is 0 Å². The molecule has 0 aliphatic carbocycles. The second-order valence-electron chi connectivity index (χ2n) is 5.13. The third-order valence-electron chi connectivity index (χ3n) is 3.40. The van der Waals surface area contributed by atoms with Gasteiger partial charge in [0.1, 0.15) is 17.6 Å². The highest BCUT2D eigenvalue weighted by molar-refractivity contribution is 5.79. The van der Waals surface area contributed by atoms with Gasteiger partial charge >= 0.3 is 0 Å². The molecule has 0 amide bonds. The highest BCUT2D eigenvalue weighted by atomic mass is 16.5. The smallest absolute Gasteiger partial charge is 0.191 e. The molecule has 1 aliphatic heterocycles. The molecule has 0 aromatic heterocycles. The number of fused-ring (bicyclic) bond motifs is 1. The van der Waals surface area contributed by atoms with E-state index in [0.29, 0.717) is 6.54 Å². The summed E-state index contributed by atoms with van der Waals surface area (Å²) in [6.45, 7) is 8.43. The van der Waals surface area contributed by atoms with Crippen LogP contribution in [-0.4, -0.2) is 32.3 Å². The molecule has 0 saturated heterocycles. The van der Waals surface area contributed by atoms with Crippen LogP contribution in [0.25, 0.3) is 0 Å². The molecule has 1 unspecified atom stereocenters. The van der Waals surface area contributed by atoms with Crippen molar-refractivity contribution in [1.82, 2.24) is 10.6 Å². The quantitative estimate of drug-likeness (QED) is 0.644. The normalized spacial score (nSPS) is 15.9. The van der Waals surface area contributed by atoms with Gasteiger partial charge in [-0.25, -0.2) is 4.99 Å². The van der Waals surface area contributed by atoms with Gasteiger partial charge in [-0.15, -0.1) is 0 Å². The zero-order valence-corrected chi connectivity index (χ0v) is 13.3. The summed E-state index contributed by atoms with van der Waals surface area (Å²) in [5, 5.41) is 6.43. The van der Waals surface area contributed by atoms with Crippen molar-refractivity contribution >= 4 is 5.96 Å². The summed E-state index contributed by atoms with van der Waals surface area (Å²) in [7, 11) is 1.70. The fourth-order valence-electron chi connectivity index (χ4n) is 2.47. The minimum Gasteiger partial charge on any atom is -0.496 e. The number of guanidine groups is 1. The predicted molar refractivity (Wildman–Crippen MR) is 85.3 cm³/mol. The molecule has 0 fully saturated rings. The minimum atomic E-state index is 0.238. The van der Waals surface area contributed by atoms with Crippen molar-refractivity contribution in [3.05, 3.63) is 23.3 Å². The van der Waals surface area contributed by atoms with E-state index < -0.39 is 0 Å². The molecular formula is C16H25N3O2. The molecule has 0 spiro atoms. The molecule has 1 heterocycles. The van der Waals surface area contributed by atoms with E-state index in [1.807, 2.05) is 0 Å². The number of aliphatic imine (C=N–C) groups is 1. The summed E-state index contributed by atoms with van der Waals surface area (Å²) in [6.07, 6.45) is 1.18. The fraction of sp³-hybridized carbons (Fsp3) is 0.562. The van der Waals surface area contributed by atoms with Crippen molar-refractivity contribution in [2.24, 2.45) is 4.99 Å². The molecular weight excluding hydrogens is 266 g/mol. The first kappa shape index (κ1) is 15.5. The van der Waals surface area contributed by atoms with Crippen LogP contribution in [0.5, 0.6) is 11.5 Å². The van der Waals surface area contributed by atoms with Gasteiger partial charge < -0.3 is 20.1 Å². The Kier molecular flexibility index (Phi) is 5.31. The van der Waals surface area contributed by atoms with Crippen LogP contribution in [-0.2, 0) is 13.0 Å². The average Bonchev–Trinajstić information content (AvgIpc) is 2.83. The monoisotopic (exact) mass is 291 g/mol. The van der Waals surface area contributed by atoms with Gasteiger partial charge in [0.05, 0.1) is 13.7 Å². The Hall–Kier alpha value is -1.91. The Bertz CT molecular complexity index is 506. The van der Waals surface area contributed by atoms with Crippen LogP contribution in [0.15, 0.2) is 17.1 Å². The van der Waals surface area contributed by atoms with E-state index in [2.05, 4.69) is 48.5 Å². The topological polar surface area (TPSA) is 54.9 Å². The highest BCUT2D eigenvalue weighted by Gasteiger charge is 2.21. The number of methoxy groups -OCH3 is 1. The largest absolute Gasteiger partial charge is 0.496 e. The average molecular weight is 291 g/mol. The van der Waals surface area contributed by atoms with E-state index in [1.165, 1.54) is 5.56 Å². The molecule has 2 N–H and O–H groups in total. The van der Waals surface area contributed by atoms with Crippen LogP contribution < -0.4 is 20.1 Å². The van der Waals surface area contributed by atoms with E-state index in [0.717, 1.165) is 42.5 Å². The number of hydrogen-bond acceptors (Lipinski definition) is 3. The number of nitrogens with one attached hydrogen (secondary N) is 2. The van der Waals surface area contributed by atoms with E-state index in [-0.39, 0.29) is 6.10 Å². The Morgan fingerprint density at radius 3 is 2.67 bits per heavy atom. The van der Waals surface area contributed by atoms with Crippen molar-refractivity contribution in [3.63, 3.8) is 0 Å². The summed E-state index contributed by atoms with van der Waals surface area (Å²) in [5.74, 6) is 2.65. The van der Waals surface area contributed by atoms with Gasteiger partial charge in [0.25, 0.3) is 0 Å². The first-order valence-corrected chi connectivity index (χ1v) is 7.56. The minimum absolute atomic E-state index is 0.238. The Balaban J connectivity index is 2.19. The molecule has 0 saturated carbocycles. The fourth-order valence-corrected chi connectivity index (χ4v) is 2.47. The lowest BCUT2D eigenvalue weighted by Gasteiger charge is -2.12. The first-order valence-electron chi connectivity index (χ1n) is 7.56. The number of hydrogen-bond donors (Lipinski definition) is 2. The number of rotatable bonds is 5. The van der Waals surface area contributed by atoms with Crippen molar-refractivity contribution in [3.8, 4) is 11.5 Å². The summed E-state index contributed by atoms with van der Waals surface area (Å²) < 4.78 is 11.3. The molecule has 1 aromatic rings. The van der Waals surface area contributed by atoms with E-state index in [4.69, 9.17) is 9.47 Å². The SMILES string of the molecule is CCNC(=NCc1cc2c(cc1OC)CC(C)O2)NCC. The zero-order valence-electron chi connectivity index (χ0n) is 13.3. The zero-order chi connectivity index (χ0) is 15.2. The molecule has 2 rings (SSSR count). The Morgan fingerprint density at radius 1 is 1.33 bits per heavy atom. The van der Waals surface area contributed by atoms with Gasteiger partial charge in [0, 0.05) is 30.6 Å². The summed E-state index contributed by atoms with van der Waals surface area (Å²) in [5.41, 5.74) is 2.25. The standard InChI is InChI=1S/C16H25N3O2/c1-5-17-16(18-6-2)19-10-13-9-15-12(7-11(3)21-15)8-14(13)20-4/h8-9,11H,5-7,10H2,1-4H3,(H2,17,18,19). The van der Waals surface area contributed by atoms with Crippen LogP contribution in [0.2, 0.25) is 0 Å². The summed E-state index contributed by atoms with van der Waals surface area (Å²) in [6, 6.07) is 4.13. The van der Waals surface area contributed by atoms with Gasteiger partial charge in [-0.2, -0.15) is 0 Å². The van der Waals surface area contributed by atoms with Crippen LogP contribution in [0, 0.1) is 0 Å². The van der Waals surface area contributed by atoms with Gasteiger partial charge in [0.2, 0.25) is 0 Å². The maximum absolute atomic E-state index is 5.81. The maximum Gasteiger partial charge on any atom is 0.191 e. The van der Waals surface area contributed by atoms with Crippen molar-refractivity contribution in [1.29, 1.82) is 0 Å². The number of benzene rings is 1. The van der Waals surface area contributed by atoms with Gasteiger partial charge in [0.15, 0.2) is 5.96 Å². The van der Waals surface area contributed by atoms with Crippen LogP contribution in [0.1, 0.15) is 31.9 Å². The van der Waals surface area contributed by atoms with Crippen molar-refractivity contribution in [2.75, 3.05) is 20.2 Å². The molecule has 21 heavy (non-hydrogen) atoms. The molecule has 1 aliphatic rings. The van der Waals surface area contributed by atoms with Gasteiger partial charge in [-0.3, -0.25) is 0 Å². The second kappa shape index (κ2) is 7.20. The van der Waals surface area contributed by atoms with E-state index in [1.54, 1.807) is 7.11 Å². The molecule has 116 valence electrons. The third kappa shape index (κ3) is 3.80.